The molecule has 0 atom stereocenters. The van der Waals surface area contributed by atoms with Crippen molar-refractivity contribution < 1.29 is 27.9 Å². The molecule has 0 aromatic carbocycles. The maximum atomic E-state index is 12.4. The Balaban J connectivity index is 2.05. The minimum Gasteiger partial charge on any atom is -0.481 e. The minimum absolute atomic E-state index is 0.0268. The lowest BCUT2D eigenvalue weighted by Gasteiger charge is -2.30. The van der Waals surface area contributed by atoms with E-state index in [2.05, 4.69) is 0 Å². The fourth-order valence-electron chi connectivity index (χ4n) is 2.43. The SMILES string of the molecule is O=C(O)C1CCN(C(=O)c2cccn2CC(F)(F)F)CC1. The van der Waals surface area contributed by atoms with Crippen molar-refractivity contribution in [3.05, 3.63) is 24.0 Å². The van der Waals surface area contributed by atoms with E-state index in [1.165, 1.54) is 23.2 Å². The molecule has 1 aromatic rings. The van der Waals surface area contributed by atoms with Crippen LogP contribution in [0.2, 0.25) is 0 Å². The highest BCUT2D eigenvalue weighted by atomic mass is 19.4. The van der Waals surface area contributed by atoms with Crippen molar-refractivity contribution in [3.8, 4) is 0 Å². The molecular weight excluding hydrogens is 289 g/mol. The van der Waals surface area contributed by atoms with Crippen molar-refractivity contribution in [2.45, 2.75) is 25.6 Å². The van der Waals surface area contributed by atoms with Gasteiger partial charge in [-0.1, -0.05) is 0 Å². The number of hydrogen-bond donors (Lipinski definition) is 1. The molecule has 21 heavy (non-hydrogen) atoms. The number of carbonyl (C=O) groups is 2. The lowest BCUT2D eigenvalue weighted by molar-refractivity contribution is -0.143. The van der Waals surface area contributed by atoms with Gasteiger partial charge in [0, 0.05) is 19.3 Å². The van der Waals surface area contributed by atoms with Crippen LogP contribution in [0.3, 0.4) is 0 Å². The molecule has 1 N–H and O–H groups in total. The van der Waals surface area contributed by atoms with Crippen molar-refractivity contribution in [2.24, 2.45) is 5.92 Å². The van der Waals surface area contributed by atoms with Crippen molar-refractivity contribution >= 4 is 11.9 Å². The molecule has 0 bridgehead atoms. The van der Waals surface area contributed by atoms with Crippen LogP contribution in [0.4, 0.5) is 13.2 Å². The first-order valence-corrected chi connectivity index (χ1v) is 6.52. The van der Waals surface area contributed by atoms with Gasteiger partial charge in [0.1, 0.15) is 12.2 Å². The molecule has 1 saturated heterocycles. The zero-order valence-electron chi connectivity index (χ0n) is 11.1. The Bertz CT molecular complexity index is 531. The number of carboxylic acids is 1. The number of alkyl halides is 3. The molecular formula is C13H15F3N2O3. The highest BCUT2D eigenvalue weighted by Crippen LogP contribution is 2.22. The minimum atomic E-state index is -4.40. The number of hydrogen-bond acceptors (Lipinski definition) is 2. The number of piperidine rings is 1. The predicted molar refractivity (Wildman–Crippen MR) is 66.8 cm³/mol. The molecule has 1 aliphatic heterocycles. The zero-order valence-corrected chi connectivity index (χ0v) is 11.1. The van der Waals surface area contributed by atoms with Crippen LogP contribution in [-0.4, -0.2) is 45.7 Å². The molecule has 0 unspecified atom stereocenters. The normalized spacial score (nSPS) is 17.0. The van der Waals surface area contributed by atoms with Crippen LogP contribution < -0.4 is 0 Å². The molecule has 1 fully saturated rings. The summed E-state index contributed by atoms with van der Waals surface area (Å²) in [6.07, 6.45) is -2.54. The Kier molecular flexibility index (Phi) is 4.24. The standard InChI is InChI=1S/C13H15F3N2O3/c14-13(15,16)8-18-5-1-2-10(18)11(19)17-6-3-9(4-7-17)12(20)21/h1-2,5,9H,3-4,6-8H2,(H,20,21). The van der Waals surface area contributed by atoms with Crippen LogP contribution in [0.25, 0.3) is 0 Å². The Morgan fingerprint density at radius 1 is 1.29 bits per heavy atom. The quantitative estimate of drug-likeness (QED) is 0.929. The van der Waals surface area contributed by atoms with Crippen molar-refractivity contribution in [3.63, 3.8) is 0 Å². The summed E-state index contributed by atoms with van der Waals surface area (Å²) in [7, 11) is 0. The maximum absolute atomic E-state index is 12.4. The molecule has 116 valence electrons. The smallest absolute Gasteiger partial charge is 0.406 e. The zero-order chi connectivity index (χ0) is 15.6. The second-order valence-electron chi connectivity index (χ2n) is 5.04. The number of nitrogens with zero attached hydrogens (tertiary/aromatic N) is 2. The first kappa shape index (κ1) is 15.4. The molecule has 1 aliphatic rings. The van der Waals surface area contributed by atoms with Gasteiger partial charge in [-0.2, -0.15) is 13.2 Å². The van der Waals surface area contributed by atoms with Crippen LogP contribution in [0.15, 0.2) is 18.3 Å². The summed E-state index contributed by atoms with van der Waals surface area (Å²) in [5.41, 5.74) is -0.0268. The van der Waals surface area contributed by atoms with E-state index in [9.17, 15) is 22.8 Å². The van der Waals surface area contributed by atoms with E-state index in [0.717, 1.165) is 4.57 Å². The van der Waals surface area contributed by atoms with E-state index in [1.54, 1.807) is 0 Å². The number of aliphatic carboxylic acids is 1. The molecule has 1 aromatic heterocycles. The Hall–Kier alpha value is -1.99. The second kappa shape index (κ2) is 5.79. The van der Waals surface area contributed by atoms with Crippen molar-refractivity contribution in [1.82, 2.24) is 9.47 Å². The molecule has 2 heterocycles. The monoisotopic (exact) mass is 304 g/mol. The third-order valence-electron chi connectivity index (χ3n) is 3.53. The average molecular weight is 304 g/mol. The average Bonchev–Trinajstić information content (AvgIpc) is 2.83. The van der Waals surface area contributed by atoms with Crippen molar-refractivity contribution in [1.29, 1.82) is 0 Å². The van der Waals surface area contributed by atoms with E-state index >= 15 is 0 Å². The van der Waals surface area contributed by atoms with Gasteiger partial charge in [0.25, 0.3) is 5.91 Å². The van der Waals surface area contributed by atoms with Gasteiger partial charge in [0.2, 0.25) is 0 Å². The van der Waals surface area contributed by atoms with Gasteiger partial charge < -0.3 is 14.6 Å². The molecule has 8 heteroatoms. The molecule has 0 saturated carbocycles. The van der Waals surface area contributed by atoms with Gasteiger partial charge >= 0.3 is 12.1 Å². The van der Waals surface area contributed by atoms with E-state index in [4.69, 9.17) is 5.11 Å². The Morgan fingerprint density at radius 2 is 1.90 bits per heavy atom. The highest BCUT2D eigenvalue weighted by Gasteiger charge is 2.32. The summed E-state index contributed by atoms with van der Waals surface area (Å²) in [5.74, 6) is -1.88. The van der Waals surface area contributed by atoms with Crippen LogP contribution in [0.1, 0.15) is 23.3 Å². The van der Waals surface area contributed by atoms with Gasteiger partial charge in [0.05, 0.1) is 5.92 Å². The van der Waals surface area contributed by atoms with Gasteiger partial charge in [0.15, 0.2) is 0 Å². The molecule has 0 aliphatic carbocycles. The van der Waals surface area contributed by atoms with Gasteiger partial charge in [-0.3, -0.25) is 9.59 Å². The molecule has 0 radical (unpaired) electrons. The van der Waals surface area contributed by atoms with Gasteiger partial charge in [-0.25, -0.2) is 0 Å². The fourth-order valence-corrected chi connectivity index (χ4v) is 2.43. The second-order valence-corrected chi connectivity index (χ2v) is 5.04. The lowest BCUT2D eigenvalue weighted by Crippen LogP contribution is -2.41. The summed E-state index contributed by atoms with van der Waals surface area (Å²) in [4.78, 5) is 24.5. The van der Waals surface area contributed by atoms with Crippen LogP contribution in [0, 0.1) is 5.92 Å². The summed E-state index contributed by atoms with van der Waals surface area (Å²) in [5, 5.41) is 8.89. The van der Waals surface area contributed by atoms with E-state index in [0.29, 0.717) is 12.8 Å². The van der Waals surface area contributed by atoms with Crippen molar-refractivity contribution in [2.75, 3.05) is 13.1 Å². The molecule has 2 rings (SSSR count). The summed E-state index contributed by atoms with van der Waals surface area (Å²) < 4.78 is 38.2. The van der Waals surface area contributed by atoms with Crippen LogP contribution in [0.5, 0.6) is 0 Å². The number of carbonyl (C=O) groups excluding carboxylic acids is 1. The molecule has 0 spiro atoms. The number of amides is 1. The fraction of sp³-hybridized carbons (Fsp3) is 0.538. The topological polar surface area (TPSA) is 62.5 Å². The Morgan fingerprint density at radius 3 is 2.43 bits per heavy atom. The maximum Gasteiger partial charge on any atom is 0.406 e. The van der Waals surface area contributed by atoms with Crippen LogP contribution in [-0.2, 0) is 11.3 Å². The molecule has 1 amide bonds. The predicted octanol–water partition coefficient (Wildman–Crippen LogP) is 1.99. The first-order valence-electron chi connectivity index (χ1n) is 6.52. The summed E-state index contributed by atoms with van der Waals surface area (Å²) in [6.45, 7) is -0.730. The number of aromatic nitrogens is 1. The van der Waals surface area contributed by atoms with Crippen LogP contribution >= 0.6 is 0 Å². The number of rotatable bonds is 3. The van der Waals surface area contributed by atoms with E-state index < -0.39 is 30.5 Å². The van der Waals surface area contributed by atoms with Gasteiger partial charge in [-0.15, -0.1) is 0 Å². The number of halogens is 3. The van der Waals surface area contributed by atoms with Gasteiger partial charge in [-0.05, 0) is 25.0 Å². The third-order valence-corrected chi connectivity index (χ3v) is 3.53. The Labute approximate surface area is 119 Å². The molecule has 5 nitrogen and oxygen atoms in total. The number of carboxylic acid groups (broad SMARTS) is 1. The third kappa shape index (κ3) is 3.77. The van der Waals surface area contributed by atoms with E-state index in [-0.39, 0.29) is 18.8 Å². The summed E-state index contributed by atoms with van der Waals surface area (Å²) >= 11 is 0. The highest BCUT2D eigenvalue weighted by molar-refractivity contribution is 5.93. The summed E-state index contributed by atoms with van der Waals surface area (Å²) in [6, 6.07) is 2.74. The first-order chi connectivity index (χ1) is 9.78. The van der Waals surface area contributed by atoms with E-state index in [1.807, 2.05) is 0 Å². The lowest BCUT2D eigenvalue weighted by atomic mass is 9.97. The number of likely N-dealkylation sites (tertiary alicyclic amines) is 1. The largest absolute Gasteiger partial charge is 0.481 e.